The van der Waals surface area contributed by atoms with Crippen LogP contribution in [0.15, 0.2) is 30.3 Å². The molecule has 1 saturated carbocycles. The first-order valence-electron chi connectivity index (χ1n) is 6.98. The first kappa shape index (κ1) is 14.0. The number of fused-ring (bicyclic) bond motifs is 1. The van der Waals surface area contributed by atoms with Crippen LogP contribution >= 0.6 is 0 Å². The molecule has 0 aromatic heterocycles. The molecule has 0 radical (unpaired) electrons. The summed E-state index contributed by atoms with van der Waals surface area (Å²) in [5.41, 5.74) is 7.03. The van der Waals surface area contributed by atoms with Crippen LogP contribution in [0.1, 0.15) is 12.0 Å². The second-order valence-electron chi connectivity index (χ2n) is 5.56. The zero-order valence-electron chi connectivity index (χ0n) is 11.2. The Hall–Kier alpha value is -0.950. The van der Waals surface area contributed by atoms with Crippen LogP contribution in [0.25, 0.3) is 0 Å². The van der Waals surface area contributed by atoms with Gasteiger partial charge in [-0.1, -0.05) is 30.3 Å². The van der Waals surface area contributed by atoms with Gasteiger partial charge in [-0.3, -0.25) is 0 Å². The van der Waals surface area contributed by atoms with Crippen molar-refractivity contribution < 1.29 is 13.2 Å². The lowest BCUT2D eigenvalue weighted by atomic mass is 9.73. The maximum absolute atomic E-state index is 12.1. The Bertz CT molecular complexity index is 561. The number of sulfonamides is 1. The van der Waals surface area contributed by atoms with E-state index in [9.17, 15) is 8.42 Å². The monoisotopic (exact) mass is 296 g/mol. The van der Waals surface area contributed by atoms with Crippen LogP contribution < -0.4 is 10.5 Å². The van der Waals surface area contributed by atoms with Crippen molar-refractivity contribution in [1.29, 1.82) is 0 Å². The molecule has 0 amide bonds. The Balaban J connectivity index is 1.56. The SMILES string of the molecule is NC1C2CCOC2C1NS(=O)(=O)CCc1ccccc1. The van der Waals surface area contributed by atoms with Crippen molar-refractivity contribution in [2.24, 2.45) is 11.7 Å². The van der Waals surface area contributed by atoms with Gasteiger partial charge in [0.05, 0.1) is 17.9 Å². The van der Waals surface area contributed by atoms with Gasteiger partial charge < -0.3 is 10.5 Å². The predicted molar refractivity (Wildman–Crippen MR) is 76.7 cm³/mol. The molecule has 1 heterocycles. The third-order valence-corrected chi connectivity index (χ3v) is 5.64. The number of rotatable bonds is 5. The van der Waals surface area contributed by atoms with Crippen molar-refractivity contribution in [2.45, 2.75) is 31.0 Å². The van der Waals surface area contributed by atoms with Crippen molar-refractivity contribution in [2.75, 3.05) is 12.4 Å². The third-order valence-electron chi connectivity index (χ3n) is 4.26. The minimum atomic E-state index is -3.32. The summed E-state index contributed by atoms with van der Waals surface area (Å²) < 4.78 is 32.5. The van der Waals surface area contributed by atoms with Crippen LogP contribution in [0, 0.1) is 5.92 Å². The quantitative estimate of drug-likeness (QED) is 0.817. The summed E-state index contributed by atoms with van der Waals surface area (Å²) in [7, 11) is -3.32. The fourth-order valence-electron chi connectivity index (χ4n) is 3.06. The molecule has 1 aliphatic heterocycles. The van der Waals surface area contributed by atoms with Gasteiger partial charge in [-0.25, -0.2) is 13.1 Å². The lowest BCUT2D eigenvalue weighted by Crippen LogP contribution is -2.69. The average molecular weight is 296 g/mol. The second kappa shape index (κ2) is 5.44. The molecule has 0 spiro atoms. The van der Waals surface area contributed by atoms with E-state index in [1.807, 2.05) is 30.3 Å². The van der Waals surface area contributed by atoms with E-state index in [0.717, 1.165) is 12.0 Å². The number of nitrogens with one attached hydrogen (secondary N) is 1. The second-order valence-corrected chi connectivity index (χ2v) is 7.44. The maximum atomic E-state index is 12.1. The highest BCUT2D eigenvalue weighted by Crippen LogP contribution is 2.38. The highest BCUT2D eigenvalue weighted by atomic mass is 32.2. The summed E-state index contributed by atoms with van der Waals surface area (Å²) in [6.07, 6.45) is 1.41. The molecule has 3 rings (SSSR count). The van der Waals surface area contributed by atoms with Crippen molar-refractivity contribution in [3.63, 3.8) is 0 Å². The summed E-state index contributed by atoms with van der Waals surface area (Å²) in [4.78, 5) is 0. The van der Waals surface area contributed by atoms with Crippen LogP contribution in [0.3, 0.4) is 0 Å². The van der Waals surface area contributed by atoms with Gasteiger partial charge in [-0.05, 0) is 18.4 Å². The van der Waals surface area contributed by atoms with E-state index in [0.29, 0.717) is 18.9 Å². The maximum Gasteiger partial charge on any atom is 0.212 e. The molecule has 1 saturated heterocycles. The van der Waals surface area contributed by atoms with Crippen LogP contribution in [0.2, 0.25) is 0 Å². The molecule has 6 heteroatoms. The molecule has 5 nitrogen and oxygen atoms in total. The molecule has 4 atom stereocenters. The predicted octanol–water partition coefficient (Wildman–Crippen LogP) is 0.263. The molecule has 0 bridgehead atoms. The molecule has 3 N–H and O–H groups in total. The minimum absolute atomic E-state index is 0.0310. The van der Waals surface area contributed by atoms with Crippen LogP contribution in [-0.2, 0) is 21.2 Å². The highest BCUT2D eigenvalue weighted by Gasteiger charge is 2.53. The van der Waals surface area contributed by atoms with Crippen LogP contribution in [0.5, 0.6) is 0 Å². The van der Waals surface area contributed by atoms with Crippen LogP contribution in [0.4, 0.5) is 0 Å². The zero-order valence-corrected chi connectivity index (χ0v) is 12.1. The van der Waals surface area contributed by atoms with E-state index < -0.39 is 10.0 Å². The van der Waals surface area contributed by atoms with Crippen molar-refractivity contribution in [3.05, 3.63) is 35.9 Å². The van der Waals surface area contributed by atoms with Gasteiger partial charge in [-0.2, -0.15) is 0 Å². The first-order chi connectivity index (χ1) is 9.57. The summed E-state index contributed by atoms with van der Waals surface area (Å²) >= 11 is 0. The van der Waals surface area contributed by atoms with Crippen molar-refractivity contribution >= 4 is 10.0 Å². The Morgan fingerprint density at radius 2 is 2.05 bits per heavy atom. The number of aryl methyl sites for hydroxylation is 1. The molecule has 110 valence electrons. The molecule has 1 aromatic carbocycles. The standard InChI is InChI=1S/C14H20N2O3S/c15-12-11-6-8-19-14(11)13(12)16-20(17,18)9-7-10-4-2-1-3-5-10/h1-5,11-14,16H,6-9,15H2. The van der Waals surface area contributed by atoms with E-state index >= 15 is 0 Å². The molecule has 2 fully saturated rings. The van der Waals surface area contributed by atoms with E-state index in [4.69, 9.17) is 10.5 Å². The van der Waals surface area contributed by atoms with Gasteiger partial charge in [-0.15, -0.1) is 0 Å². The molecule has 20 heavy (non-hydrogen) atoms. The first-order valence-corrected chi connectivity index (χ1v) is 8.63. The highest BCUT2D eigenvalue weighted by molar-refractivity contribution is 7.89. The molecular weight excluding hydrogens is 276 g/mol. The van der Waals surface area contributed by atoms with Gasteiger partial charge in [0.25, 0.3) is 0 Å². The topological polar surface area (TPSA) is 81.4 Å². The van der Waals surface area contributed by atoms with E-state index in [1.54, 1.807) is 0 Å². The summed E-state index contributed by atoms with van der Waals surface area (Å²) in [5, 5.41) is 0. The fraction of sp³-hybridized carbons (Fsp3) is 0.571. The lowest BCUT2D eigenvalue weighted by Gasteiger charge is -2.45. The van der Waals surface area contributed by atoms with E-state index in [2.05, 4.69) is 4.72 Å². The van der Waals surface area contributed by atoms with E-state index in [1.165, 1.54) is 0 Å². The molecule has 2 aliphatic rings. The average Bonchev–Trinajstić information content (AvgIpc) is 2.89. The number of hydrogen-bond donors (Lipinski definition) is 2. The van der Waals surface area contributed by atoms with E-state index in [-0.39, 0.29) is 23.9 Å². The molecular formula is C14H20N2O3S. The number of ether oxygens (including phenoxy) is 1. The Morgan fingerprint density at radius 1 is 1.30 bits per heavy atom. The third kappa shape index (κ3) is 2.74. The molecule has 4 unspecified atom stereocenters. The van der Waals surface area contributed by atoms with Crippen molar-refractivity contribution in [3.8, 4) is 0 Å². The number of hydrogen-bond acceptors (Lipinski definition) is 4. The largest absolute Gasteiger partial charge is 0.376 e. The van der Waals surface area contributed by atoms with Gasteiger partial charge in [0.2, 0.25) is 10.0 Å². The summed E-state index contributed by atoms with van der Waals surface area (Å²) in [6, 6.07) is 9.22. The number of nitrogens with two attached hydrogens (primary N) is 1. The lowest BCUT2D eigenvalue weighted by molar-refractivity contribution is -0.00923. The molecule has 1 aromatic rings. The van der Waals surface area contributed by atoms with Crippen LogP contribution in [-0.4, -0.2) is 39.0 Å². The fourth-order valence-corrected chi connectivity index (χ4v) is 4.39. The zero-order chi connectivity index (χ0) is 14.2. The summed E-state index contributed by atoms with van der Waals surface area (Å²) in [6.45, 7) is 0.686. The Morgan fingerprint density at radius 3 is 2.80 bits per heavy atom. The Labute approximate surface area is 119 Å². The molecule has 1 aliphatic carbocycles. The minimum Gasteiger partial charge on any atom is -0.376 e. The van der Waals surface area contributed by atoms with Gasteiger partial charge in [0.15, 0.2) is 0 Å². The normalized spacial score (nSPS) is 32.6. The van der Waals surface area contributed by atoms with Gasteiger partial charge in [0.1, 0.15) is 0 Å². The van der Waals surface area contributed by atoms with Gasteiger partial charge in [0, 0.05) is 18.6 Å². The van der Waals surface area contributed by atoms with Crippen molar-refractivity contribution in [1.82, 2.24) is 4.72 Å². The Kier molecular flexibility index (Phi) is 3.81. The van der Waals surface area contributed by atoms with Gasteiger partial charge >= 0.3 is 0 Å². The number of benzene rings is 1. The summed E-state index contributed by atoms with van der Waals surface area (Å²) in [5.74, 6) is 0.397. The smallest absolute Gasteiger partial charge is 0.212 e.